The number of para-hydroxylation sites is 1. The molecule has 0 aliphatic heterocycles. The molecule has 1 aromatic carbocycles. The van der Waals surface area contributed by atoms with Crippen molar-refractivity contribution in [3.05, 3.63) is 64.5 Å². The molecule has 0 atom stereocenters. The molecule has 110 valence electrons. The smallest absolute Gasteiger partial charge is 0.231 e. The maximum absolute atomic E-state index is 13.8. The molecular weight excluding hydrogens is 305 g/mol. The van der Waals surface area contributed by atoms with Crippen molar-refractivity contribution in [3.8, 4) is 0 Å². The molecule has 0 saturated heterocycles. The van der Waals surface area contributed by atoms with E-state index in [0.29, 0.717) is 0 Å². The van der Waals surface area contributed by atoms with E-state index in [-0.39, 0.29) is 27.7 Å². The van der Waals surface area contributed by atoms with Crippen LogP contribution in [-0.2, 0) is 0 Å². The highest BCUT2D eigenvalue weighted by atomic mass is 32.2. The van der Waals surface area contributed by atoms with Gasteiger partial charge >= 0.3 is 0 Å². The lowest BCUT2D eigenvalue weighted by Gasteiger charge is -2.19. The lowest BCUT2D eigenvalue weighted by molar-refractivity contribution is 0.0975. The molecule has 3 rings (SSSR count). The van der Waals surface area contributed by atoms with E-state index in [1.165, 1.54) is 24.5 Å². The minimum atomic E-state index is -0.513. The Morgan fingerprint density at radius 3 is 2.32 bits per heavy atom. The number of rotatable bonds is 3. The number of hydrogen-bond donors (Lipinski definition) is 1. The first-order valence-electron chi connectivity index (χ1n) is 6.33. The van der Waals surface area contributed by atoms with Gasteiger partial charge in [0.2, 0.25) is 11.6 Å². The number of fused-ring (bicyclic) bond motifs is 1. The number of allylic oxidation sites excluding steroid dienone is 2. The van der Waals surface area contributed by atoms with E-state index in [1.807, 2.05) is 0 Å². The summed E-state index contributed by atoms with van der Waals surface area (Å²) >= 11 is 1.11. The van der Waals surface area contributed by atoms with E-state index < -0.39 is 17.4 Å². The number of halogens is 1. The highest BCUT2D eigenvalue weighted by Gasteiger charge is 2.34. The number of thioether (sulfide) groups is 1. The van der Waals surface area contributed by atoms with Gasteiger partial charge in [0.15, 0.2) is 0 Å². The quantitative estimate of drug-likeness (QED) is 0.939. The Hall–Kier alpha value is -2.54. The summed E-state index contributed by atoms with van der Waals surface area (Å²) in [4.78, 5) is 33.0. The van der Waals surface area contributed by atoms with Gasteiger partial charge in [-0.15, -0.1) is 11.8 Å². The van der Waals surface area contributed by atoms with Gasteiger partial charge < -0.3 is 5.32 Å². The van der Waals surface area contributed by atoms with Gasteiger partial charge in [-0.05, 0) is 18.4 Å². The predicted octanol–water partition coefficient (Wildman–Crippen LogP) is 2.68. The van der Waals surface area contributed by atoms with E-state index in [9.17, 15) is 14.0 Å². The molecule has 1 aromatic heterocycles. The fraction of sp³-hybridized carbons (Fsp3) is 0.0667. The first-order valence-corrected chi connectivity index (χ1v) is 7.56. The molecule has 5 nitrogen and oxygen atoms in total. The van der Waals surface area contributed by atoms with Gasteiger partial charge in [0.25, 0.3) is 0 Å². The number of aromatic nitrogens is 2. The lowest BCUT2D eigenvalue weighted by Crippen LogP contribution is -2.27. The third-order valence-electron chi connectivity index (χ3n) is 3.13. The monoisotopic (exact) mass is 315 g/mol. The van der Waals surface area contributed by atoms with Crippen LogP contribution in [0.4, 0.5) is 10.1 Å². The average Bonchev–Trinajstić information content (AvgIpc) is 2.54. The highest BCUT2D eigenvalue weighted by Crippen LogP contribution is 2.30. The van der Waals surface area contributed by atoms with Crippen LogP contribution in [-0.4, -0.2) is 27.8 Å². The van der Waals surface area contributed by atoms with Crippen LogP contribution < -0.4 is 5.32 Å². The Balaban J connectivity index is 2.11. The molecule has 0 fully saturated rings. The molecule has 1 N–H and O–H groups in total. The summed E-state index contributed by atoms with van der Waals surface area (Å²) in [5, 5.41) is 2.72. The van der Waals surface area contributed by atoms with Crippen molar-refractivity contribution in [3.63, 3.8) is 0 Å². The van der Waals surface area contributed by atoms with Gasteiger partial charge in [-0.1, -0.05) is 12.1 Å². The van der Waals surface area contributed by atoms with Crippen LogP contribution in [0.3, 0.4) is 0 Å². The Kier molecular flexibility index (Phi) is 3.72. The molecule has 0 bridgehead atoms. The summed E-state index contributed by atoms with van der Waals surface area (Å²) in [7, 11) is 0. The molecule has 2 aromatic rings. The maximum atomic E-state index is 13.8. The van der Waals surface area contributed by atoms with Crippen LogP contribution in [0.15, 0.2) is 47.3 Å². The van der Waals surface area contributed by atoms with E-state index in [1.54, 1.807) is 18.4 Å². The number of carbonyl (C=O) groups excluding carboxylic acids is 2. The molecule has 1 heterocycles. The first kappa shape index (κ1) is 14.4. The SMILES string of the molecule is CSC1=C(Nc2ccccc2F)C(=O)c2nccnc2C1=O. The summed E-state index contributed by atoms with van der Waals surface area (Å²) in [5.74, 6) is -1.38. The second-order valence-corrected chi connectivity index (χ2v) is 5.24. The standard InChI is InChI=1S/C15H10FN3O2S/c1-22-15-12(19-9-5-3-2-4-8(9)16)13(20)10-11(14(15)21)18-7-6-17-10/h2-7,19H,1H3. The molecule has 1 aliphatic rings. The fourth-order valence-electron chi connectivity index (χ4n) is 2.12. The van der Waals surface area contributed by atoms with Crippen LogP contribution in [0.1, 0.15) is 21.0 Å². The van der Waals surface area contributed by atoms with Gasteiger partial charge in [0.1, 0.15) is 22.9 Å². The van der Waals surface area contributed by atoms with Gasteiger partial charge in [0, 0.05) is 12.4 Å². The molecular formula is C15H10FN3O2S. The van der Waals surface area contributed by atoms with Gasteiger partial charge in [-0.2, -0.15) is 0 Å². The molecule has 0 unspecified atom stereocenters. The number of carbonyl (C=O) groups is 2. The number of hydrogen-bond acceptors (Lipinski definition) is 6. The van der Waals surface area contributed by atoms with Gasteiger partial charge in [-0.25, -0.2) is 14.4 Å². The van der Waals surface area contributed by atoms with E-state index in [0.717, 1.165) is 11.8 Å². The molecule has 0 spiro atoms. The van der Waals surface area contributed by atoms with Gasteiger partial charge in [0.05, 0.1) is 10.6 Å². The number of anilines is 1. The normalized spacial score (nSPS) is 14.1. The summed E-state index contributed by atoms with van der Waals surface area (Å²) in [5.41, 5.74) is 0.146. The molecule has 22 heavy (non-hydrogen) atoms. The third-order valence-corrected chi connectivity index (χ3v) is 3.92. The van der Waals surface area contributed by atoms with Crippen molar-refractivity contribution in [2.75, 3.05) is 11.6 Å². The van der Waals surface area contributed by atoms with Crippen LogP contribution in [0, 0.1) is 5.82 Å². The van der Waals surface area contributed by atoms with Crippen LogP contribution in [0.25, 0.3) is 0 Å². The van der Waals surface area contributed by atoms with Crippen LogP contribution in [0.5, 0.6) is 0 Å². The summed E-state index contributed by atoms with van der Waals surface area (Å²) in [6.07, 6.45) is 4.37. The molecule has 1 aliphatic carbocycles. The number of nitrogens with zero attached hydrogens (tertiary/aromatic N) is 2. The Morgan fingerprint density at radius 1 is 1.05 bits per heavy atom. The van der Waals surface area contributed by atoms with Crippen molar-refractivity contribution in [1.82, 2.24) is 9.97 Å². The summed E-state index contributed by atoms with van der Waals surface area (Å²) < 4.78 is 13.8. The Labute approximate surface area is 129 Å². The number of nitrogens with one attached hydrogen (secondary N) is 1. The molecule has 0 amide bonds. The topological polar surface area (TPSA) is 72.0 Å². The summed E-state index contributed by atoms with van der Waals surface area (Å²) in [6, 6.07) is 5.93. The van der Waals surface area contributed by atoms with Crippen molar-refractivity contribution >= 4 is 29.0 Å². The Bertz CT molecular complexity index is 820. The highest BCUT2D eigenvalue weighted by molar-refractivity contribution is 8.03. The maximum Gasteiger partial charge on any atom is 0.231 e. The minimum Gasteiger partial charge on any atom is -0.349 e. The summed E-state index contributed by atoms with van der Waals surface area (Å²) in [6.45, 7) is 0. The second-order valence-electron chi connectivity index (χ2n) is 4.42. The van der Waals surface area contributed by atoms with Crippen LogP contribution in [0.2, 0.25) is 0 Å². The van der Waals surface area contributed by atoms with E-state index in [4.69, 9.17) is 0 Å². The number of Topliss-reactive ketones (excluding diaryl/α,β-unsaturated/α-hetero) is 2. The van der Waals surface area contributed by atoms with E-state index in [2.05, 4.69) is 15.3 Å². The van der Waals surface area contributed by atoms with Crippen molar-refractivity contribution in [2.24, 2.45) is 0 Å². The van der Waals surface area contributed by atoms with Crippen molar-refractivity contribution in [1.29, 1.82) is 0 Å². The second kappa shape index (κ2) is 5.69. The number of ketones is 2. The molecule has 0 saturated carbocycles. The lowest BCUT2D eigenvalue weighted by atomic mass is 10.0. The molecule has 7 heteroatoms. The van der Waals surface area contributed by atoms with E-state index >= 15 is 0 Å². The average molecular weight is 315 g/mol. The predicted molar refractivity (Wildman–Crippen MR) is 81.3 cm³/mol. The zero-order chi connectivity index (χ0) is 15.7. The fourth-order valence-corrected chi connectivity index (χ4v) is 2.75. The van der Waals surface area contributed by atoms with Crippen molar-refractivity contribution in [2.45, 2.75) is 0 Å². The third kappa shape index (κ3) is 2.29. The zero-order valence-electron chi connectivity index (χ0n) is 11.5. The Morgan fingerprint density at radius 2 is 1.68 bits per heavy atom. The largest absolute Gasteiger partial charge is 0.349 e. The number of benzene rings is 1. The van der Waals surface area contributed by atoms with Crippen LogP contribution >= 0.6 is 11.8 Å². The van der Waals surface area contributed by atoms with Crippen molar-refractivity contribution < 1.29 is 14.0 Å². The zero-order valence-corrected chi connectivity index (χ0v) is 12.3. The first-order chi connectivity index (χ1) is 10.6. The minimum absolute atomic E-state index is 0.0237. The van der Waals surface area contributed by atoms with Gasteiger partial charge in [-0.3, -0.25) is 9.59 Å². The molecule has 0 radical (unpaired) electrons.